The van der Waals surface area contributed by atoms with E-state index in [9.17, 15) is 26.4 Å². The first-order valence-electron chi connectivity index (χ1n) is 7.85. The second-order valence-electron chi connectivity index (χ2n) is 5.76. The average Bonchev–Trinajstić information content (AvgIpc) is 3.14. The molecule has 0 unspecified atom stereocenters. The maximum Gasteiger partial charge on any atom is 0.291 e. The average molecular weight is 388 g/mol. The van der Waals surface area contributed by atoms with Crippen molar-refractivity contribution in [3.05, 3.63) is 47.5 Å². The monoisotopic (exact) mass is 388 g/mol. The molecule has 10 heteroatoms. The predicted molar refractivity (Wildman–Crippen MR) is 85.6 cm³/mol. The molecule has 0 atom stereocenters. The van der Waals surface area contributed by atoms with Gasteiger partial charge in [0.25, 0.3) is 15.9 Å². The molecule has 1 amide bonds. The van der Waals surface area contributed by atoms with Gasteiger partial charge in [-0.05, 0) is 37.1 Å². The number of hydrogen-bond donors (Lipinski definition) is 1. The zero-order valence-corrected chi connectivity index (χ0v) is 14.3. The van der Waals surface area contributed by atoms with E-state index in [1.807, 2.05) is 5.32 Å². The second-order valence-corrected chi connectivity index (χ2v) is 7.63. The Kier molecular flexibility index (Phi) is 5.05. The van der Waals surface area contributed by atoms with Crippen LogP contribution in [0.25, 0.3) is 0 Å². The first-order chi connectivity index (χ1) is 12.3. The molecule has 2 heterocycles. The zero-order valence-electron chi connectivity index (χ0n) is 13.5. The molecule has 140 valence electrons. The number of furan rings is 1. The highest BCUT2D eigenvalue weighted by Gasteiger charge is 2.30. The molecular weight excluding hydrogens is 373 g/mol. The van der Waals surface area contributed by atoms with Gasteiger partial charge in [0.2, 0.25) is 5.09 Å². The molecule has 0 spiro atoms. The minimum absolute atomic E-state index is 0.366. The third-order valence-corrected chi connectivity index (χ3v) is 5.77. The number of halogens is 3. The molecule has 1 aliphatic heterocycles. The molecule has 1 fully saturated rings. The zero-order chi connectivity index (χ0) is 18.9. The fourth-order valence-electron chi connectivity index (χ4n) is 2.62. The van der Waals surface area contributed by atoms with Crippen LogP contribution in [0.2, 0.25) is 0 Å². The van der Waals surface area contributed by atoms with Crippen molar-refractivity contribution in [1.82, 2.24) is 4.31 Å². The number of nitrogens with zero attached hydrogens (tertiary/aromatic N) is 1. The van der Waals surface area contributed by atoms with Crippen molar-refractivity contribution in [3.63, 3.8) is 0 Å². The maximum atomic E-state index is 13.6. The van der Waals surface area contributed by atoms with Gasteiger partial charge in [-0.15, -0.1) is 0 Å². The summed E-state index contributed by atoms with van der Waals surface area (Å²) in [6.45, 7) is 0.731. The quantitative estimate of drug-likeness (QED) is 0.817. The number of piperidine rings is 1. The Balaban J connectivity index is 1.79. The number of carbonyl (C=O) groups excluding carboxylic acids is 1. The van der Waals surface area contributed by atoms with Gasteiger partial charge in [-0.25, -0.2) is 21.6 Å². The van der Waals surface area contributed by atoms with Crippen molar-refractivity contribution in [2.75, 3.05) is 18.4 Å². The standard InChI is InChI=1S/C16H15F3N2O4S/c17-10-4-5-11(15(19)14(10)18)20-16(22)12-6-7-13(25-12)26(23,24)21-8-2-1-3-9-21/h4-7H,1-3,8-9H2,(H,20,22). The third kappa shape index (κ3) is 3.47. The Hall–Kier alpha value is -2.33. The lowest BCUT2D eigenvalue weighted by Crippen LogP contribution is -2.35. The van der Waals surface area contributed by atoms with Crippen molar-refractivity contribution in [2.45, 2.75) is 24.4 Å². The van der Waals surface area contributed by atoms with Gasteiger partial charge < -0.3 is 9.73 Å². The summed E-state index contributed by atoms with van der Waals surface area (Å²) < 4.78 is 71.0. The highest BCUT2D eigenvalue weighted by Crippen LogP contribution is 2.24. The smallest absolute Gasteiger partial charge is 0.291 e. The van der Waals surface area contributed by atoms with Gasteiger partial charge >= 0.3 is 0 Å². The summed E-state index contributed by atoms with van der Waals surface area (Å²) in [7, 11) is -3.87. The molecule has 1 aromatic carbocycles. The molecule has 2 aromatic rings. The van der Waals surface area contributed by atoms with Crippen molar-refractivity contribution in [1.29, 1.82) is 0 Å². The van der Waals surface area contributed by atoms with Gasteiger partial charge in [0.05, 0.1) is 5.69 Å². The van der Waals surface area contributed by atoms with Gasteiger partial charge in [-0.1, -0.05) is 6.42 Å². The SMILES string of the molecule is O=C(Nc1ccc(F)c(F)c1F)c1ccc(S(=O)(=O)N2CCCCC2)o1. The minimum Gasteiger partial charge on any atom is -0.438 e. The fourth-order valence-corrected chi connectivity index (χ4v) is 4.05. The number of nitrogens with one attached hydrogen (secondary N) is 1. The van der Waals surface area contributed by atoms with E-state index in [1.165, 1.54) is 4.31 Å². The minimum atomic E-state index is -3.87. The Bertz CT molecular complexity index is 937. The number of sulfonamides is 1. The molecule has 1 saturated heterocycles. The van der Waals surface area contributed by atoms with Crippen LogP contribution in [0.5, 0.6) is 0 Å². The van der Waals surface area contributed by atoms with Crippen molar-refractivity contribution in [2.24, 2.45) is 0 Å². The largest absolute Gasteiger partial charge is 0.438 e. The highest BCUT2D eigenvalue weighted by atomic mass is 32.2. The molecule has 26 heavy (non-hydrogen) atoms. The summed E-state index contributed by atoms with van der Waals surface area (Å²) in [4.78, 5) is 12.1. The molecular formula is C16H15F3N2O4S. The van der Waals surface area contributed by atoms with E-state index in [0.29, 0.717) is 19.2 Å². The van der Waals surface area contributed by atoms with Crippen molar-refractivity contribution < 1.29 is 30.8 Å². The van der Waals surface area contributed by atoms with Crippen LogP contribution in [0, 0.1) is 17.5 Å². The van der Waals surface area contributed by atoms with Gasteiger partial charge in [-0.3, -0.25) is 4.79 Å². The maximum absolute atomic E-state index is 13.6. The summed E-state index contributed by atoms with van der Waals surface area (Å²) >= 11 is 0. The van der Waals surface area contributed by atoms with Crippen LogP contribution in [0.3, 0.4) is 0 Å². The van der Waals surface area contributed by atoms with Crippen molar-refractivity contribution in [3.8, 4) is 0 Å². The predicted octanol–water partition coefficient (Wildman–Crippen LogP) is 3.12. The summed E-state index contributed by atoms with van der Waals surface area (Å²) in [6, 6.07) is 3.74. The second kappa shape index (κ2) is 7.12. The first kappa shape index (κ1) is 18.5. The molecule has 0 aliphatic carbocycles. The fraction of sp³-hybridized carbons (Fsp3) is 0.312. The summed E-state index contributed by atoms with van der Waals surface area (Å²) in [5.41, 5.74) is -0.592. The van der Waals surface area contributed by atoms with E-state index in [-0.39, 0.29) is 0 Å². The normalized spacial score (nSPS) is 15.8. The molecule has 1 aromatic heterocycles. The van der Waals surface area contributed by atoms with E-state index < -0.39 is 49.9 Å². The van der Waals surface area contributed by atoms with Gasteiger partial charge in [0.1, 0.15) is 0 Å². The Labute approximate surface area is 147 Å². The lowest BCUT2D eigenvalue weighted by Gasteiger charge is -2.24. The molecule has 6 nitrogen and oxygen atoms in total. The van der Waals surface area contributed by atoms with Gasteiger partial charge in [0, 0.05) is 13.1 Å². The van der Waals surface area contributed by atoms with Crippen molar-refractivity contribution >= 4 is 21.6 Å². The van der Waals surface area contributed by atoms with Crippen LogP contribution in [0.15, 0.2) is 33.8 Å². The van der Waals surface area contributed by atoms with Crippen LogP contribution in [0.4, 0.5) is 18.9 Å². The van der Waals surface area contributed by atoms with Crippen LogP contribution in [-0.4, -0.2) is 31.7 Å². The molecule has 1 N–H and O–H groups in total. The van der Waals surface area contributed by atoms with Crippen LogP contribution < -0.4 is 5.32 Å². The third-order valence-electron chi connectivity index (χ3n) is 4.00. The Morgan fingerprint density at radius 2 is 1.69 bits per heavy atom. The van der Waals surface area contributed by atoms with E-state index >= 15 is 0 Å². The Morgan fingerprint density at radius 3 is 2.38 bits per heavy atom. The summed E-state index contributed by atoms with van der Waals surface area (Å²) in [6.07, 6.45) is 2.42. The Morgan fingerprint density at radius 1 is 1.00 bits per heavy atom. The molecule has 3 rings (SSSR count). The molecule has 0 saturated carbocycles. The highest BCUT2D eigenvalue weighted by molar-refractivity contribution is 7.89. The number of benzene rings is 1. The summed E-state index contributed by atoms with van der Waals surface area (Å²) in [5, 5.41) is 1.61. The lowest BCUT2D eigenvalue weighted by molar-refractivity contribution is 0.0990. The molecule has 0 radical (unpaired) electrons. The van der Waals surface area contributed by atoms with Gasteiger partial charge in [-0.2, -0.15) is 4.31 Å². The van der Waals surface area contributed by atoms with E-state index in [0.717, 1.165) is 37.5 Å². The van der Waals surface area contributed by atoms with Gasteiger partial charge in [0.15, 0.2) is 23.2 Å². The molecule has 1 aliphatic rings. The van der Waals surface area contributed by atoms with Crippen LogP contribution >= 0.6 is 0 Å². The number of amides is 1. The first-order valence-corrected chi connectivity index (χ1v) is 9.29. The topological polar surface area (TPSA) is 79.6 Å². The molecule has 0 bridgehead atoms. The van der Waals surface area contributed by atoms with Crippen LogP contribution in [0.1, 0.15) is 29.8 Å². The lowest BCUT2D eigenvalue weighted by atomic mass is 10.2. The number of anilines is 1. The van der Waals surface area contributed by atoms with E-state index in [4.69, 9.17) is 4.42 Å². The number of rotatable bonds is 4. The number of hydrogen-bond acceptors (Lipinski definition) is 4. The van der Waals surface area contributed by atoms with E-state index in [2.05, 4.69) is 0 Å². The van der Waals surface area contributed by atoms with E-state index in [1.54, 1.807) is 0 Å². The summed E-state index contributed by atoms with van der Waals surface area (Å²) in [5.74, 6) is -6.07. The number of carbonyl (C=O) groups is 1. The van der Waals surface area contributed by atoms with Crippen LogP contribution in [-0.2, 0) is 10.0 Å².